The van der Waals surface area contributed by atoms with E-state index in [2.05, 4.69) is 4.98 Å². The maximum absolute atomic E-state index is 13.6. The Bertz CT molecular complexity index is 1880. The smallest absolute Gasteiger partial charge is 0.355 e. The van der Waals surface area contributed by atoms with Gasteiger partial charge in [0.05, 0.1) is 49.8 Å². The molecular formula is C27H18N4O9. The highest BCUT2D eigenvalue weighted by Gasteiger charge is 2.50. The van der Waals surface area contributed by atoms with E-state index < -0.39 is 32.9 Å². The van der Waals surface area contributed by atoms with Crippen LogP contribution in [0.15, 0.2) is 59.4 Å². The van der Waals surface area contributed by atoms with Gasteiger partial charge in [0.15, 0.2) is 0 Å². The number of fused-ring (bicyclic) bond motifs is 5. The van der Waals surface area contributed by atoms with Gasteiger partial charge in [-0.1, -0.05) is 19.1 Å². The number of hydrogen-bond donors (Lipinski definition) is 0. The molecule has 6 rings (SSSR count). The molecule has 0 N–H and O–H groups in total. The number of nitro benzene ring substituents is 2. The maximum atomic E-state index is 13.6. The molecular weight excluding hydrogens is 524 g/mol. The molecule has 0 saturated carbocycles. The van der Waals surface area contributed by atoms with Gasteiger partial charge >= 0.3 is 11.9 Å². The van der Waals surface area contributed by atoms with Crippen molar-refractivity contribution in [3.8, 4) is 11.4 Å². The monoisotopic (exact) mass is 542 g/mol. The maximum Gasteiger partial charge on any atom is 0.355 e. The molecule has 2 aliphatic heterocycles. The van der Waals surface area contributed by atoms with E-state index in [9.17, 15) is 34.6 Å². The van der Waals surface area contributed by atoms with Gasteiger partial charge in [-0.25, -0.2) is 14.6 Å². The SMILES string of the molecule is CC[C@@]1(OC(=O)c2cccc([N+](=O)[O-])c2)C(=O)OCc2c1cc1n(c2=O)Cc2cc3c([N+](=O)[O-])cccc3nc2-1. The molecule has 0 unspecified atom stereocenters. The standard InChI is InChI=1S/C27H18N4O9/c1-2-27(40-25(33)14-5-3-6-16(9-14)30(35)36)19-11-22-23-15(12-29(22)24(32)18(19)13-39-26(27)34)10-17-20(28-23)7-4-8-21(17)31(37)38/h3-11H,2,12-13H2,1H3/t27-/m0/s1. The molecule has 0 saturated heterocycles. The van der Waals surface area contributed by atoms with E-state index >= 15 is 0 Å². The molecule has 2 aliphatic rings. The van der Waals surface area contributed by atoms with Gasteiger partial charge < -0.3 is 14.0 Å². The molecule has 0 amide bonds. The van der Waals surface area contributed by atoms with Crippen molar-refractivity contribution in [3.63, 3.8) is 0 Å². The predicted octanol–water partition coefficient (Wildman–Crippen LogP) is 3.76. The lowest BCUT2D eigenvalue weighted by Gasteiger charge is -2.35. The molecule has 4 heterocycles. The van der Waals surface area contributed by atoms with Crippen LogP contribution in [-0.4, -0.2) is 31.3 Å². The second-order valence-corrected chi connectivity index (χ2v) is 9.36. The number of nitrogens with zero attached hydrogens (tertiary/aromatic N) is 4. The van der Waals surface area contributed by atoms with Crippen LogP contribution in [0.2, 0.25) is 0 Å². The normalized spacial score (nSPS) is 17.0. The van der Waals surface area contributed by atoms with Gasteiger partial charge in [0.2, 0.25) is 5.60 Å². The Morgan fingerprint density at radius 2 is 1.88 bits per heavy atom. The van der Waals surface area contributed by atoms with Gasteiger partial charge in [0.25, 0.3) is 16.9 Å². The first-order valence-electron chi connectivity index (χ1n) is 12.1. The van der Waals surface area contributed by atoms with Crippen LogP contribution in [0.1, 0.15) is 40.4 Å². The Morgan fingerprint density at radius 1 is 1.10 bits per heavy atom. The number of pyridine rings is 2. The number of non-ortho nitro benzene ring substituents is 2. The average Bonchev–Trinajstić information content (AvgIpc) is 3.30. The lowest BCUT2D eigenvalue weighted by molar-refractivity contribution is -0.384. The van der Waals surface area contributed by atoms with E-state index in [1.54, 1.807) is 25.1 Å². The fourth-order valence-corrected chi connectivity index (χ4v) is 5.27. The molecule has 1 atom stereocenters. The fraction of sp³-hybridized carbons (Fsp3) is 0.185. The zero-order valence-corrected chi connectivity index (χ0v) is 20.8. The second kappa shape index (κ2) is 8.80. The third kappa shape index (κ3) is 3.55. The number of cyclic esters (lactones) is 1. The van der Waals surface area contributed by atoms with Crippen LogP contribution in [0.25, 0.3) is 22.3 Å². The van der Waals surface area contributed by atoms with Crippen LogP contribution >= 0.6 is 0 Å². The Hall–Kier alpha value is -5.46. The van der Waals surface area contributed by atoms with Crippen molar-refractivity contribution < 1.29 is 28.9 Å². The molecule has 40 heavy (non-hydrogen) atoms. The quantitative estimate of drug-likeness (QED) is 0.181. The first-order valence-corrected chi connectivity index (χ1v) is 12.1. The second-order valence-electron chi connectivity index (χ2n) is 9.36. The molecule has 4 aromatic rings. The Labute approximate surface area is 223 Å². The van der Waals surface area contributed by atoms with Crippen molar-refractivity contribution in [2.45, 2.75) is 32.1 Å². The van der Waals surface area contributed by atoms with Crippen molar-refractivity contribution in [2.75, 3.05) is 0 Å². The number of benzene rings is 2. The van der Waals surface area contributed by atoms with Crippen LogP contribution in [0.5, 0.6) is 0 Å². The summed E-state index contributed by atoms with van der Waals surface area (Å²) in [6.45, 7) is 1.33. The number of esters is 2. The molecule has 2 aromatic heterocycles. The minimum atomic E-state index is -2.00. The molecule has 2 aromatic carbocycles. The number of carbonyl (C=O) groups is 2. The zero-order valence-electron chi connectivity index (χ0n) is 20.8. The van der Waals surface area contributed by atoms with E-state index in [0.29, 0.717) is 27.9 Å². The minimum absolute atomic E-state index is 0.0896. The van der Waals surface area contributed by atoms with Crippen molar-refractivity contribution in [3.05, 3.63) is 107 Å². The van der Waals surface area contributed by atoms with E-state index in [1.807, 2.05) is 0 Å². The first kappa shape index (κ1) is 24.9. The summed E-state index contributed by atoms with van der Waals surface area (Å²) in [6, 6.07) is 12.6. The largest absolute Gasteiger partial charge is 0.457 e. The number of nitro groups is 2. The van der Waals surface area contributed by atoms with Gasteiger partial charge in [-0.05, 0) is 30.7 Å². The average molecular weight is 542 g/mol. The zero-order chi connectivity index (χ0) is 28.3. The van der Waals surface area contributed by atoms with Crippen molar-refractivity contribution in [1.29, 1.82) is 0 Å². The lowest BCUT2D eigenvalue weighted by atomic mass is 9.85. The van der Waals surface area contributed by atoms with Crippen LogP contribution in [-0.2, 0) is 33.0 Å². The van der Waals surface area contributed by atoms with Crippen molar-refractivity contribution >= 4 is 34.2 Å². The third-order valence-corrected chi connectivity index (χ3v) is 7.25. The topological polar surface area (TPSA) is 174 Å². The third-order valence-electron chi connectivity index (χ3n) is 7.25. The summed E-state index contributed by atoms with van der Waals surface area (Å²) in [7, 11) is 0. The highest BCUT2D eigenvalue weighted by Crippen LogP contribution is 2.42. The summed E-state index contributed by atoms with van der Waals surface area (Å²) in [5.74, 6) is -1.89. The molecule has 13 heteroatoms. The fourth-order valence-electron chi connectivity index (χ4n) is 5.27. The molecule has 0 aliphatic carbocycles. The number of aromatic nitrogens is 2. The number of ether oxygens (including phenoxy) is 2. The molecule has 13 nitrogen and oxygen atoms in total. The Kier molecular flexibility index (Phi) is 5.47. The number of hydrogen-bond acceptors (Lipinski definition) is 10. The van der Waals surface area contributed by atoms with Gasteiger partial charge in [-0.3, -0.25) is 25.0 Å². The van der Waals surface area contributed by atoms with Crippen LogP contribution in [0.3, 0.4) is 0 Å². The van der Waals surface area contributed by atoms with Gasteiger partial charge in [-0.15, -0.1) is 0 Å². The van der Waals surface area contributed by atoms with Crippen LogP contribution < -0.4 is 5.56 Å². The summed E-state index contributed by atoms with van der Waals surface area (Å²) in [4.78, 5) is 66.2. The van der Waals surface area contributed by atoms with E-state index in [1.165, 1.54) is 34.9 Å². The summed E-state index contributed by atoms with van der Waals surface area (Å²) in [6.07, 6.45) is -0.0907. The Morgan fingerprint density at radius 3 is 2.60 bits per heavy atom. The number of rotatable bonds is 5. The highest BCUT2D eigenvalue weighted by molar-refractivity contribution is 5.95. The predicted molar refractivity (Wildman–Crippen MR) is 137 cm³/mol. The number of carbonyl (C=O) groups excluding carboxylic acids is 2. The van der Waals surface area contributed by atoms with Gasteiger partial charge in [0, 0.05) is 29.3 Å². The first-order chi connectivity index (χ1) is 19.1. The van der Waals surface area contributed by atoms with E-state index in [-0.39, 0.29) is 47.6 Å². The summed E-state index contributed by atoms with van der Waals surface area (Å²) in [5.41, 5.74) is -1.16. The summed E-state index contributed by atoms with van der Waals surface area (Å²) >= 11 is 0. The lowest BCUT2D eigenvalue weighted by Crippen LogP contribution is -2.47. The Balaban J connectivity index is 1.50. The summed E-state index contributed by atoms with van der Waals surface area (Å²) < 4.78 is 12.5. The van der Waals surface area contributed by atoms with Gasteiger partial charge in [-0.2, -0.15) is 0 Å². The van der Waals surface area contributed by atoms with Crippen LogP contribution in [0, 0.1) is 20.2 Å². The van der Waals surface area contributed by atoms with E-state index in [0.717, 1.165) is 6.07 Å². The van der Waals surface area contributed by atoms with Crippen LogP contribution in [0.4, 0.5) is 11.4 Å². The molecule has 0 spiro atoms. The molecule has 0 bridgehead atoms. The van der Waals surface area contributed by atoms with Gasteiger partial charge in [0.1, 0.15) is 6.61 Å². The highest BCUT2D eigenvalue weighted by atomic mass is 16.6. The van der Waals surface area contributed by atoms with E-state index in [4.69, 9.17) is 9.47 Å². The van der Waals surface area contributed by atoms with Crippen molar-refractivity contribution in [1.82, 2.24) is 9.55 Å². The minimum Gasteiger partial charge on any atom is -0.457 e. The van der Waals surface area contributed by atoms with Crippen molar-refractivity contribution in [2.24, 2.45) is 0 Å². The summed E-state index contributed by atoms with van der Waals surface area (Å²) in [5, 5.41) is 23.0. The molecule has 0 radical (unpaired) electrons. The molecule has 0 fully saturated rings. The molecule has 200 valence electrons.